The molecule has 1 heterocycles. The summed E-state index contributed by atoms with van der Waals surface area (Å²) in [5.74, 6) is 0.131. The number of carbonyl (C=O) groups excluding carboxylic acids is 2. The van der Waals surface area contributed by atoms with E-state index >= 15 is 0 Å². The fourth-order valence-corrected chi connectivity index (χ4v) is 2.55. The summed E-state index contributed by atoms with van der Waals surface area (Å²) in [6.45, 7) is 5.83. The number of ether oxygens (including phenoxy) is 1. The first kappa shape index (κ1) is 17.9. The third kappa shape index (κ3) is 4.11. The fourth-order valence-electron chi connectivity index (χ4n) is 2.55. The zero-order valence-electron chi connectivity index (χ0n) is 14.3. The van der Waals surface area contributed by atoms with Gasteiger partial charge in [0.1, 0.15) is 0 Å². The Labute approximate surface area is 142 Å². The minimum atomic E-state index is -0.253. The lowest BCUT2D eigenvalue weighted by Gasteiger charge is -2.18. The molecular formula is C17H24N4O3. The minimum absolute atomic E-state index is 0.104. The molecule has 7 heteroatoms. The van der Waals surface area contributed by atoms with Gasteiger partial charge in [-0.3, -0.25) is 19.5 Å². The van der Waals surface area contributed by atoms with Crippen LogP contribution in [0, 0.1) is 0 Å². The van der Waals surface area contributed by atoms with Crippen LogP contribution in [0.2, 0.25) is 0 Å². The zero-order valence-corrected chi connectivity index (χ0v) is 14.3. The highest BCUT2D eigenvalue weighted by Crippen LogP contribution is 2.21. The second kappa shape index (κ2) is 8.44. The molecule has 0 aliphatic carbocycles. The summed E-state index contributed by atoms with van der Waals surface area (Å²) in [6, 6.07) is 6.98. The van der Waals surface area contributed by atoms with Crippen molar-refractivity contribution in [3.63, 3.8) is 0 Å². The molecule has 0 saturated heterocycles. The van der Waals surface area contributed by atoms with Crippen molar-refractivity contribution in [2.45, 2.75) is 19.9 Å². The fraction of sp³-hybridized carbons (Fsp3) is 0.471. The van der Waals surface area contributed by atoms with Crippen molar-refractivity contribution < 1.29 is 14.3 Å². The summed E-state index contributed by atoms with van der Waals surface area (Å²) >= 11 is 0. The van der Waals surface area contributed by atoms with E-state index in [1.807, 2.05) is 13.8 Å². The van der Waals surface area contributed by atoms with E-state index in [1.54, 1.807) is 31.4 Å². The summed E-state index contributed by atoms with van der Waals surface area (Å²) < 4.78 is 5.09. The molecular weight excluding hydrogens is 308 g/mol. The molecule has 2 rings (SSSR count). The van der Waals surface area contributed by atoms with Crippen LogP contribution in [0.4, 0.5) is 0 Å². The van der Waals surface area contributed by atoms with Crippen molar-refractivity contribution in [3.05, 3.63) is 35.4 Å². The Morgan fingerprint density at radius 3 is 2.42 bits per heavy atom. The van der Waals surface area contributed by atoms with Gasteiger partial charge in [-0.05, 0) is 26.0 Å². The van der Waals surface area contributed by atoms with Gasteiger partial charge in [0.25, 0.3) is 11.8 Å². The lowest BCUT2D eigenvalue weighted by Crippen LogP contribution is -2.44. The number of hydrogen-bond acceptors (Lipinski definition) is 4. The van der Waals surface area contributed by atoms with Crippen LogP contribution >= 0.6 is 0 Å². The number of hydrogen-bond donors (Lipinski definition) is 2. The molecule has 0 saturated carbocycles. The predicted octanol–water partition coefficient (Wildman–Crippen LogP) is 0.873. The number of carbonyl (C=O) groups is 2. The van der Waals surface area contributed by atoms with Gasteiger partial charge in [-0.15, -0.1) is 0 Å². The second-order valence-electron chi connectivity index (χ2n) is 5.57. The Kier molecular flexibility index (Phi) is 6.31. The highest BCUT2D eigenvalue weighted by molar-refractivity contribution is 6.21. The van der Waals surface area contributed by atoms with Crippen molar-refractivity contribution in [1.82, 2.24) is 15.5 Å². The van der Waals surface area contributed by atoms with E-state index in [4.69, 9.17) is 4.74 Å². The molecule has 24 heavy (non-hydrogen) atoms. The Bertz CT molecular complexity index is 595. The number of aliphatic imine (C=N–C) groups is 1. The second-order valence-corrected chi connectivity index (χ2v) is 5.57. The predicted molar refractivity (Wildman–Crippen MR) is 92.3 cm³/mol. The van der Waals surface area contributed by atoms with Gasteiger partial charge in [-0.25, -0.2) is 0 Å². The maximum absolute atomic E-state index is 12.3. The van der Waals surface area contributed by atoms with Crippen LogP contribution in [0.1, 0.15) is 34.6 Å². The lowest BCUT2D eigenvalue weighted by atomic mass is 10.1. The quantitative estimate of drug-likeness (QED) is 0.440. The first-order valence-electron chi connectivity index (χ1n) is 8.07. The van der Waals surface area contributed by atoms with Crippen molar-refractivity contribution >= 4 is 17.8 Å². The third-order valence-corrected chi connectivity index (χ3v) is 3.62. The number of guanidine groups is 1. The number of nitrogens with one attached hydrogen (secondary N) is 2. The van der Waals surface area contributed by atoms with Gasteiger partial charge >= 0.3 is 0 Å². The van der Waals surface area contributed by atoms with Crippen molar-refractivity contribution in [2.75, 3.05) is 33.4 Å². The van der Waals surface area contributed by atoms with Crippen LogP contribution in [0.25, 0.3) is 0 Å². The van der Waals surface area contributed by atoms with Gasteiger partial charge in [0.15, 0.2) is 5.96 Å². The number of nitrogens with zero attached hydrogens (tertiary/aromatic N) is 2. The maximum Gasteiger partial charge on any atom is 0.261 e. The van der Waals surface area contributed by atoms with Gasteiger partial charge in [-0.1, -0.05) is 12.1 Å². The van der Waals surface area contributed by atoms with Crippen LogP contribution in [0.15, 0.2) is 29.3 Å². The van der Waals surface area contributed by atoms with Crippen molar-refractivity contribution in [1.29, 1.82) is 0 Å². The van der Waals surface area contributed by atoms with E-state index in [1.165, 1.54) is 4.90 Å². The van der Waals surface area contributed by atoms with E-state index in [-0.39, 0.29) is 24.4 Å². The van der Waals surface area contributed by atoms with E-state index in [0.29, 0.717) is 30.2 Å². The minimum Gasteiger partial charge on any atom is -0.383 e. The largest absolute Gasteiger partial charge is 0.383 e. The average Bonchev–Trinajstić information content (AvgIpc) is 2.80. The summed E-state index contributed by atoms with van der Waals surface area (Å²) in [5, 5.41) is 6.34. The summed E-state index contributed by atoms with van der Waals surface area (Å²) in [4.78, 5) is 30.2. The van der Waals surface area contributed by atoms with E-state index in [9.17, 15) is 9.59 Å². The third-order valence-electron chi connectivity index (χ3n) is 3.62. The average molecular weight is 332 g/mol. The molecule has 0 aromatic heterocycles. The summed E-state index contributed by atoms with van der Waals surface area (Å²) in [7, 11) is 1.64. The van der Waals surface area contributed by atoms with Gasteiger partial charge in [0.2, 0.25) is 0 Å². The number of rotatable bonds is 7. The van der Waals surface area contributed by atoms with Gasteiger partial charge in [-0.2, -0.15) is 0 Å². The number of fused-ring (bicyclic) bond motifs is 1. The highest BCUT2D eigenvalue weighted by Gasteiger charge is 2.34. The van der Waals surface area contributed by atoms with Gasteiger partial charge in [0, 0.05) is 26.2 Å². The molecule has 0 spiro atoms. The van der Waals surface area contributed by atoms with Crippen LogP contribution in [0.3, 0.4) is 0 Å². The van der Waals surface area contributed by atoms with Gasteiger partial charge in [0.05, 0.1) is 24.3 Å². The van der Waals surface area contributed by atoms with E-state index < -0.39 is 0 Å². The molecule has 1 atom stereocenters. The SMILES string of the molecule is CCNC(=NCCN1C(=O)c2ccccc2C1=O)NC(C)COC. The Hall–Kier alpha value is -2.41. The van der Waals surface area contributed by atoms with Crippen molar-refractivity contribution in [3.8, 4) is 0 Å². The molecule has 2 amide bonds. The van der Waals surface area contributed by atoms with Crippen LogP contribution in [-0.2, 0) is 4.74 Å². The van der Waals surface area contributed by atoms with Crippen LogP contribution in [0.5, 0.6) is 0 Å². The Balaban J connectivity index is 1.96. The summed E-state index contributed by atoms with van der Waals surface area (Å²) in [6.07, 6.45) is 0. The molecule has 0 bridgehead atoms. The molecule has 0 radical (unpaired) electrons. The molecule has 1 aliphatic heterocycles. The molecule has 1 aromatic rings. The summed E-state index contributed by atoms with van der Waals surface area (Å²) in [5.41, 5.74) is 0.926. The molecule has 0 fully saturated rings. The number of benzene rings is 1. The van der Waals surface area contributed by atoms with Crippen molar-refractivity contribution in [2.24, 2.45) is 4.99 Å². The molecule has 2 N–H and O–H groups in total. The van der Waals surface area contributed by atoms with Gasteiger partial charge < -0.3 is 15.4 Å². The molecule has 130 valence electrons. The number of amides is 2. The van der Waals surface area contributed by atoms with Crippen LogP contribution in [-0.4, -0.2) is 62.1 Å². The normalized spacial score (nSPS) is 15.5. The Morgan fingerprint density at radius 1 is 1.25 bits per heavy atom. The topological polar surface area (TPSA) is 83.0 Å². The standard InChI is InChI=1S/C17H24N4O3/c1-4-18-17(20-12(2)11-24-3)19-9-10-21-15(22)13-7-5-6-8-14(13)16(21)23/h5-8,12H,4,9-11H2,1-3H3,(H2,18,19,20). The lowest BCUT2D eigenvalue weighted by molar-refractivity contribution is 0.0659. The van der Waals surface area contributed by atoms with Crippen LogP contribution < -0.4 is 10.6 Å². The van der Waals surface area contributed by atoms with E-state index in [0.717, 1.165) is 6.54 Å². The molecule has 1 aliphatic rings. The first-order valence-corrected chi connectivity index (χ1v) is 8.07. The smallest absolute Gasteiger partial charge is 0.261 e. The van der Waals surface area contributed by atoms with E-state index in [2.05, 4.69) is 15.6 Å². The Morgan fingerprint density at radius 2 is 1.88 bits per heavy atom. The number of imide groups is 1. The molecule has 1 aromatic carbocycles. The number of methoxy groups -OCH3 is 1. The maximum atomic E-state index is 12.3. The monoisotopic (exact) mass is 332 g/mol. The molecule has 1 unspecified atom stereocenters. The molecule has 7 nitrogen and oxygen atoms in total. The first-order chi connectivity index (χ1) is 11.6. The highest BCUT2D eigenvalue weighted by atomic mass is 16.5. The zero-order chi connectivity index (χ0) is 17.5.